The molecule has 3 aromatic rings. The second-order valence-corrected chi connectivity index (χ2v) is 5.64. The van der Waals surface area contributed by atoms with Gasteiger partial charge in [-0.2, -0.15) is 0 Å². The smallest absolute Gasteiger partial charge is 0.357 e. The van der Waals surface area contributed by atoms with Crippen molar-refractivity contribution in [1.82, 2.24) is 14.4 Å². The van der Waals surface area contributed by atoms with Gasteiger partial charge in [-0.15, -0.1) is 0 Å². The van der Waals surface area contributed by atoms with Crippen molar-refractivity contribution in [3.8, 4) is 5.88 Å². The fourth-order valence-electron chi connectivity index (χ4n) is 2.60. The average molecular weight is 391 g/mol. The van der Waals surface area contributed by atoms with Gasteiger partial charge in [0, 0.05) is 6.20 Å². The Labute approximate surface area is 162 Å². The molecule has 0 aliphatic heterocycles. The van der Waals surface area contributed by atoms with Crippen LogP contribution in [0.25, 0.3) is 5.65 Å². The standard InChI is InChI=1S/C18H17F2N3O3.C2H6/c1-4-25-18(24)15-11(3)22-16-17(21-10(2)8-23(15)16)26-9-12-13(19)6-5-7-14(12)20;1-2/h5-8H,4,9H2,1-3H3;1-2H3. The van der Waals surface area contributed by atoms with Crippen molar-refractivity contribution in [2.24, 2.45) is 0 Å². The molecule has 0 unspecified atom stereocenters. The number of halogens is 2. The number of nitrogens with zero attached hydrogens (tertiary/aromatic N) is 3. The van der Waals surface area contributed by atoms with Crippen molar-refractivity contribution in [3.63, 3.8) is 0 Å². The minimum Gasteiger partial charge on any atom is -0.470 e. The number of imidazole rings is 1. The summed E-state index contributed by atoms with van der Waals surface area (Å²) in [4.78, 5) is 20.7. The molecular formula is C20H23F2N3O3. The summed E-state index contributed by atoms with van der Waals surface area (Å²) in [6.45, 7) is 8.95. The Balaban J connectivity index is 0.00000136. The molecule has 1 aromatic carbocycles. The molecule has 28 heavy (non-hydrogen) atoms. The Morgan fingerprint density at radius 3 is 2.39 bits per heavy atom. The van der Waals surface area contributed by atoms with Crippen LogP contribution >= 0.6 is 0 Å². The van der Waals surface area contributed by atoms with Crippen molar-refractivity contribution in [2.75, 3.05) is 6.61 Å². The van der Waals surface area contributed by atoms with Crippen LogP contribution in [-0.4, -0.2) is 26.9 Å². The molecule has 0 N–H and O–H groups in total. The third kappa shape index (κ3) is 4.27. The molecule has 0 saturated carbocycles. The lowest BCUT2D eigenvalue weighted by Crippen LogP contribution is -2.10. The van der Waals surface area contributed by atoms with Crippen LogP contribution in [0.3, 0.4) is 0 Å². The molecule has 8 heteroatoms. The third-order valence-electron chi connectivity index (χ3n) is 3.75. The van der Waals surface area contributed by atoms with E-state index in [4.69, 9.17) is 9.47 Å². The van der Waals surface area contributed by atoms with Crippen LogP contribution < -0.4 is 4.74 Å². The Morgan fingerprint density at radius 2 is 1.79 bits per heavy atom. The second-order valence-electron chi connectivity index (χ2n) is 5.64. The van der Waals surface area contributed by atoms with Gasteiger partial charge in [0.25, 0.3) is 5.88 Å². The molecule has 0 bridgehead atoms. The van der Waals surface area contributed by atoms with E-state index >= 15 is 0 Å². The number of hydrogen-bond donors (Lipinski definition) is 0. The fraction of sp³-hybridized carbons (Fsp3) is 0.350. The van der Waals surface area contributed by atoms with Gasteiger partial charge in [0.2, 0.25) is 5.65 Å². The van der Waals surface area contributed by atoms with Gasteiger partial charge >= 0.3 is 5.97 Å². The number of ether oxygens (including phenoxy) is 2. The summed E-state index contributed by atoms with van der Waals surface area (Å²) in [7, 11) is 0. The van der Waals surface area contributed by atoms with Gasteiger partial charge in [-0.1, -0.05) is 19.9 Å². The van der Waals surface area contributed by atoms with Crippen LogP contribution in [0.4, 0.5) is 8.78 Å². The van der Waals surface area contributed by atoms with E-state index in [0.29, 0.717) is 11.4 Å². The molecule has 0 amide bonds. The molecule has 0 aliphatic carbocycles. The van der Waals surface area contributed by atoms with Crippen molar-refractivity contribution in [2.45, 2.75) is 41.2 Å². The lowest BCUT2D eigenvalue weighted by Gasteiger charge is -2.10. The molecule has 0 saturated heterocycles. The van der Waals surface area contributed by atoms with Crippen LogP contribution in [0.15, 0.2) is 24.4 Å². The van der Waals surface area contributed by atoms with Crippen LogP contribution in [0.2, 0.25) is 0 Å². The molecule has 0 fully saturated rings. The normalized spacial score (nSPS) is 10.4. The number of aromatic nitrogens is 3. The molecule has 2 aromatic heterocycles. The van der Waals surface area contributed by atoms with Gasteiger partial charge in [-0.05, 0) is 32.9 Å². The topological polar surface area (TPSA) is 65.7 Å². The first-order chi connectivity index (χ1) is 13.4. The zero-order chi connectivity index (χ0) is 20.8. The van der Waals surface area contributed by atoms with E-state index in [1.54, 1.807) is 27.0 Å². The number of carbonyl (C=O) groups is 1. The van der Waals surface area contributed by atoms with E-state index in [1.165, 1.54) is 10.5 Å². The summed E-state index contributed by atoms with van der Waals surface area (Å²) >= 11 is 0. The highest BCUT2D eigenvalue weighted by atomic mass is 19.1. The van der Waals surface area contributed by atoms with Gasteiger partial charge in [0.15, 0.2) is 5.69 Å². The van der Waals surface area contributed by atoms with Crippen LogP contribution in [-0.2, 0) is 11.3 Å². The van der Waals surface area contributed by atoms with E-state index in [-0.39, 0.29) is 36.0 Å². The average Bonchev–Trinajstić information content (AvgIpc) is 2.99. The summed E-state index contributed by atoms with van der Waals surface area (Å²) in [6.07, 6.45) is 1.62. The van der Waals surface area contributed by atoms with Gasteiger partial charge < -0.3 is 9.47 Å². The molecule has 0 atom stereocenters. The largest absolute Gasteiger partial charge is 0.470 e. The first-order valence-electron chi connectivity index (χ1n) is 9.01. The second kappa shape index (κ2) is 9.25. The minimum atomic E-state index is -0.708. The summed E-state index contributed by atoms with van der Waals surface area (Å²) in [5.74, 6) is -1.86. The molecule has 150 valence electrons. The van der Waals surface area contributed by atoms with Gasteiger partial charge in [0.05, 0.1) is 23.6 Å². The summed E-state index contributed by atoms with van der Waals surface area (Å²) in [5.41, 5.74) is 1.31. The Morgan fingerprint density at radius 1 is 1.14 bits per heavy atom. The van der Waals surface area contributed by atoms with Crippen LogP contribution in [0.1, 0.15) is 48.2 Å². The first-order valence-corrected chi connectivity index (χ1v) is 9.01. The van der Waals surface area contributed by atoms with E-state index < -0.39 is 17.6 Å². The van der Waals surface area contributed by atoms with Crippen molar-refractivity contribution < 1.29 is 23.0 Å². The van der Waals surface area contributed by atoms with E-state index in [2.05, 4.69) is 9.97 Å². The van der Waals surface area contributed by atoms with E-state index in [1.807, 2.05) is 13.8 Å². The number of benzene rings is 1. The molecule has 3 rings (SSSR count). The quantitative estimate of drug-likeness (QED) is 0.603. The maximum Gasteiger partial charge on any atom is 0.357 e. The maximum atomic E-state index is 13.8. The maximum absolute atomic E-state index is 13.8. The Bertz CT molecular complexity index is 966. The fourth-order valence-corrected chi connectivity index (χ4v) is 2.60. The Hall–Kier alpha value is -3.03. The summed E-state index contributed by atoms with van der Waals surface area (Å²) < 4.78 is 39.7. The molecule has 6 nitrogen and oxygen atoms in total. The highest BCUT2D eigenvalue weighted by molar-refractivity contribution is 5.90. The van der Waals surface area contributed by atoms with E-state index in [9.17, 15) is 13.6 Å². The number of fused-ring (bicyclic) bond motifs is 1. The highest BCUT2D eigenvalue weighted by Crippen LogP contribution is 2.23. The SMILES string of the molecule is CC.CCOC(=O)c1c(C)nc2c(OCc3c(F)cccc3F)nc(C)cn12. The molecular weight excluding hydrogens is 368 g/mol. The summed E-state index contributed by atoms with van der Waals surface area (Å²) in [6, 6.07) is 3.58. The summed E-state index contributed by atoms with van der Waals surface area (Å²) in [5, 5.41) is 0. The number of esters is 1. The highest BCUT2D eigenvalue weighted by Gasteiger charge is 2.21. The predicted octanol–water partition coefficient (Wildman–Crippen LogP) is 4.41. The van der Waals surface area contributed by atoms with Crippen molar-refractivity contribution >= 4 is 11.6 Å². The molecule has 0 aliphatic rings. The van der Waals surface area contributed by atoms with Gasteiger partial charge in [0.1, 0.15) is 18.2 Å². The lowest BCUT2D eigenvalue weighted by atomic mass is 10.2. The van der Waals surface area contributed by atoms with E-state index in [0.717, 1.165) is 12.1 Å². The van der Waals surface area contributed by atoms with Crippen molar-refractivity contribution in [3.05, 3.63) is 58.7 Å². The van der Waals surface area contributed by atoms with Gasteiger partial charge in [-0.25, -0.2) is 23.5 Å². The van der Waals surface area contributed by atoms with Crippen LogP contribution in [0.5, 0.6) is 5.88 Å². The molecule has 0 radical (unpaired) electrons. The zero-order valence-corrected chi connectivity index (χ0v) is 16.5. The monoisotopic (exact) mass is 391 g/mol. The zero-order valence-electron chi connectivity index (χ0n) is 16.5. The number of aryl methyl sites for hydroxylation is 2. The molecule has 2 heterocycles. The number of rotatable bonds is 5. The first kappa shape index (κ1) is 21.3. The predicted molar refractivity (Wildman–Crippen MR) is 100 cm³/mol. The minimum absolute atomic E-state index is 0.0753. The number of carbonyl (C=O) groups excluding carboxylic acids is 1. The Kier molecular flexibility index (Phi) is 7.03. The number of hydrogen-bond acceptors (Lipinski definition) is 5. The van der Waals surface area contributed by atoms with Crippen molar-refractivity contribution in [1.29, 1.82) is 0 Å². The van der Waals surface area contributed by atoms with Crippen LogP contribution in [0, 0.1) is 25.5 Å². The third-order valence-corrected chi connectivity index (χ3v) is 3.75. The molecule has 0 spiro atoms. The lowest BCUT2D eigenvalue weighted by molar-refractivity contribution is 0.0517. The van der Waals surface area contributed by atoms with Gasteiger partial charge in [-0.3, -0.25) is 4.40 Å².